The van der Waals surface area contributed by atoms with Crippen molar-refractivity contribution < 1.29 is 0 Å². The zero-order chi connectivity index (χ0) is 12.8. The van der Waals surface area contributed by atoms with Gasteiger partial charge in [0.15, 0.2) is 0 Å². The van der Waals surface area contributed by atoms with Gasteiger partial charge in [0, 0.05) is 23.8 Å². The molecule has 4 heteroatoms. The molecule has 0 spiro atoms. The van der Waals surface area contributed by atoms with Crippen LogP contribution in [0, 0.1) is 6.92 Å². The summed E-state index contributed by atoms with van der Waals surface area (Å²) in [5, 5.41) is 3.43. The Morgan fingerprint density at radius 3 is 2.67 bits per heavy atom. The molecule has 0 aliphatic carbocycles. The Morgan fingerprint density at radius 2 is 2.00 bits per heavy atom. The van der Waals surface area contributed by atoms with Gasteiger partial charge in [0.2, 0.25) is 0 Å². The molecule has 1 N–H and O–H groups in total. The van der Waals surface area contributed by atoms with Crippen molar-refractivity contribution in [3.63, 3.8) is 0 Å². The van der Waals surface area contributed by atoms with E-state index in [1.54, 1.807) is 0 Å². The highest BCUT2D eigenvalue weighted by Crippen LogP contribution is 2.16. The monoisotopic (exact) mass is 311 g/mol. The quantitative estimate of drug-likeness (QED) is 0.923. The van der Waals surface area contributed by atoms with Crippen LogP contribution in [0.5, 0.6) is 0 Å². The molecule has 1 fully saturated rings. The Balaban J connectivity index is 1.77. The molecule has 1 aliphatic rings. The molecule has 1 saturated heterocycles. The number of nitrogens with zero attached hydrogens (tertiary/aromatic N) is 2. The average Bonchev–Trinajstić information content (AvgIpc) is 2.60. The van der Waals surface area contributed by atoms with E-state index in [0.29, 0.717) is 0 Å². The largest absolute Gasteiger partial charge is 0.369 e. The van der Waals surface area contributed by atoms with Gasteiger partial charge in [-0.05, 0) is 60.4 Å². The van der Waals surface area contributed by atoms with Crippen molar-refractivity contribution in [1.29, 1.82) is 0 Å². The van der Waals surface area contributed by atoms with Gasteiger partial charge >= 0.3 is 0 Å². The molecule has 0 bridgehead atoms. The average molecular weight is 312 g/mol. The van der Waals surface area contributed by atoms with Crippen LogP contribution in [0.25, 0.3) is 0 Å². The maximum atomic E-state index is 4.40. The number of aromatic nitrogens is 1. The lowest BCUT2D eigenvalue weighted by atomic mass is 10.2. The standard InChI is InChI=1S/C14H22BrN3/c1-12-10-13(15)11-17-14(12)16-6-9-18-7-4-2-3-5-8-18/h10-11H,2-9H2,1H3,(H,16,17). The zero-order valence-corrected chi connectivity index (χ0v) is 12.7. The van der Waals surface area contributed by atoms with Gasteiger partial charge < -0.3 is 10.2 Å². The van der Waals surface area contributed by atoms with Crippen molar-refractivity contribution in [2.45, 2.75) is 32.6 Å². The minimum absolute atomic E-state index is 0.982. The maximum absolute atomic E-state index is 4.40. The molecule has 1 aliphatic heterocycles. The number of anilines is 1. The zero-order valence-electron chi connectivity index (χ0n) is 11.1. The highest BCUT2D eigenvalue weighted by Gasteiger charge is 2.08. The number of likely N-dealkylation sites (tertiary alicyclic amines) is 1. The SMILES string of the molecule is Cc1cc(Br)cnc1NCCN1CCCCCC1. The van der Waals surface area contributed by atoms with Crippen LogP contribution in [-0.2, 0) is 0 Å². The molecule has 0 unspecified atom stereocenters. The van der Waals surface area contributed by atoms with E-state index in [9.17, 15) is 0 Å². The molecule has 2 heterocycles. The number of pyridine rings is 1. The summed E-state index contributed by atoms with van der Waals surface area (Å²) in [7, 11) is 0. The van der Waals surface area contributed by atoms with Crippen LogP contribution in [0.4, 0.5) is 5.82 Å². The van der Waals surface area contributed by atoms with Crippen LogP contribution in [0.15, 0.2) is 16.7 Å². The first kappa shape index (κ1) is 13.8. The van der Waals surface area contributed by atoms with Gasteiger partial charge in [0.05, 0.1) is 0 Å². The first-order valence-electron chi connectivity index (χ1n) is 6.84. The Morgan fingerprint density at radius 1 is 1.28 bits per heavy atom. The third-order valence-corrected chi connectivity index (χ3v) is 3.90. The topological polar surface area (TPSA) is 28.2 Å². The predicted octanol–water partition coefficient (Wildman–Crippen LogP) is 3.44. The Bertz CT molecular complexity index is 373. The number of rotatable bonds is 4. The van der Waals surface area contributed by atoms with Crippen LogP contribution in [0.1, 0.15) is 31.2 Å². The van der Waals surface area contributed by atoms with E-state index in [1.807, 2.05) is 6.20 Å². The fraction of sp³-hybridized carbons (Fsp3) is 0.643. The van der Waals surface area contributed by atoms with E-state index in [1.165, 1.54) is 44.3 Å². The van der Waals surface area contributed by atoms with Gasteiger partial charge in [-0.3, -0.25) is 0 Å². The number of aryl methyl sites for hydroxylation is 1. The molecule has 0 atom stereocenters. The Labute approximate surface area is 118 Å². The first-order chi connectivity index (χ1) is 8.75. The maximum Gasteiger partial charge on any atom is 0.128 e. The second-order valence-electron chi connectivity index (χ2n) is 5.00. The molecule has 2 rings (SSSR count). The Hall–Kier alpha value is -0.610. The second-order valence-corrected chi connectivity index (χ2v) is 5.92. The second kappa shape index (κ2) is 7.10. The van der Waals surface area contributed by atoms with Crippen molar-refractivity contribution in [3.05, 3.63) is 22.3 Å². The highest BCUT2D eigenvalue weighted by atomic mass is 79.9. The van der Waals surface area contributed by atoms with Gasteiger partial charge in [-0.1, -0.05) is 12.8 Å². The minimum atomic E-state index is 0.982. The lowest BCUT2D eigenvalue weighted by Gasteiger charge is -2.20. The molecular weight excluding hydrogens is 290 g/mol. The van der Waals surface area contributed by atoms with E-state index in [0.717, 1.165) is 23.4 Å². The van der Waals surface area contributed by atoms with Crippen LogP contribution < -0.4 is 5.32 Å². The molecule has 0 radical (unpaired) electrons. The summed E-state index contributed by atoms with van der Waals surface area (Å²) >= 11 is 3.44. The van der Waals surface area contributed by atoms with Crippen molar-refractivity contribution >= 4 is 21.7 Å². The van der Waals surface area contributed by atoms with Crippen molar-refractivity contribution in [2.24, 2.45) is 0 Å². The lowest BCUT2D eigenvalue weighted by Crippen LogP contribution is -2.30. The van der Waals surface area contributed by atoms with Crippen LogP contribution in [0.2, 0.25) is 0 Å². The van der Waals surface area contributed by atoms with Crippen LogP contribution in [0.3, 0.4) is 0 Å². The molecule has 1 aromatic rings. The summed E-state index contributed by atoms with van der Waals surface area (Å²) in [4.78, 5) is 6.97. The van der Waals surface area contributed by atoms with Gasteiger partial charge in [0.1, 0.15) is 5.82 Å². The van der Waals surface area contributed by atoms with E-state index >= 15 is 0 Å². The van der Waals surface area contributed by atoms with Crippen molar-refractivity contribution in [1.82, 2.24) is 9.88 Å². The summed E-state index contributed by atoms with van der Waals surface area (Å²) < 4.78 is 1.04. The lowest BCUT2D eigenvalue weighted by molar-refractivity contribution is 0.296. The molecule has 18 heavy (non-hydrogen) atoms. The van der Waals surface area contributed by atoms with Gasteiger partial charge in [0.25, 0.3) is 0 Å². The number of halogens is 1. The molecule has 100 valence electrons. The van der Waals surface area contributed by atoms with E-state index < -0.39 is 0 Å². The molecule has 0 aromatic carbocycles. The number of hydrogen-bond acceptors (Lipinski definition) is 3. The first-order valence-corrected chi connectivity index (χ1v) is 7.63. The van der Waals surface area contributed by atoms with E-state index in [2.05, 4.69) is 44.1 Å². The van der Waals surface area contributed by atoms with E-state index in [4.69, 9.17) is 0 Å². The Kier molecular flexibility index (Phi) is 5.45. The molecule has 0 saturated carbocycles. The van der Waals surface area contributed by atoms with Crippen LogP contribution in [-0.4, -0.2) is 36.1 Å². The molecule has 1 aromatic heterocycles. The minimum Gasteiger partial charge on any atom is -0.369 e. The third kappa shape index (κ3) is 4.25. The van der Waals surface area contributed by atoms with Crippen molar-refractivity contribution in [3.8, 4) is 0 Å². The highest BCUT2D eigenvalue weighted by molar-refractivity contribution is 9.10. The fourth-order valence-electron chi connectivity index (χ4n) is 2.42. The predicted molar refractivity (Wildman–Crippen MR) is 80.1 cm³/mol. The number of nitrogens with one attached hydrogen (secondary N) is 1. The summed E-state index contributed by atoms with van der Waals surface area (Å²) in [5.41, 5.74) is 1.19. The molecule has 0 amide bonds. The van der Waals surface area contributed by atoms with Gasteiger partial charge in [-0.15, -0.1) is 0 Å². The summed E-state index contributed by atoms with van der Waals surface area (Å²) in [5.74, 6) is 1.01. The summed E-state index contributed by atoms with van der Waals surface area (Å²) in [6.07, 6.45) is 7.36. The number of hydrogen-bond donors (Lipinski definition) is 1. The normalized spacial score (nSPS) is 17.4. The van der Waals surface area contributed by atoms with Gasteiger partial charge in [-0.2, -0.15) is 0 Å². The molecule has 3 nitrogen and oxygen atoms in total. The van der Waals surface area contributed by atoms with E-state index in [-0.39, 0.29) is 0 Å². The van der Waals surface area contributed by atoms with Crippen LogP contribution >= 0.6 is 15.9 Å². The molecular formula is C14H22BrN3. The van der Waals surface area contributed by atoms with Gasteiger partial charge in [-0.25, -0.2) is 4.98 Å². The smallest absolute Gasteiger partial charge is 0.128 e. The summed E-state index contributed by atoms with van der Waals surface area (Å²) in [6, 6.07) is 2.10. The van der Waals surface area contributed by atoms with Crippen molar-refractivity contribution in [2.75, 3.05) is 31.5 Å². The fourth-order valence-corrected chi connectivity index (χ4v) is 2.86. The summed E-state index contributed by atoms with van der Waals surface area (Å²) in [6.45, 7) is 6.71. The third-order valence-electron chi connectivity index (χ3n) is 3.46.